The first kappa shape index (κ1) is 17.2. The molecule has 0 spiro atoms. The molecule has 1 aliphatic heterocycles. The Kier molecular flexibility index (Phi) is 6.34. The molecule has 1 aromatic rings. The number of rotatable bonds is 6. The second-order valence-electron chi connectivity index (χ2n) is 5.61. The monoisotopic (exact) mass is 322 g/mol. The first-order chi connectivity index (χ1) is 11.1. The van der Waals surface area contributed by atoms with E-state index in [1.807, 2.05) is 11.0 Å². The Bertz CT molecular complexity index is 553. The van der Waals surface area contributed by atoms with Gasteiger partial charge in [-0.2, -0.15) is 0 Å². The number of benzene rings is 1. The average molecular weight is 322 g/mol. The van der Waals surface area contributed by atoms with Crippen molar-refractivity contribution < 1.29 is 14.0 Å². The molecule has 1 unspecified atom stereocenters. The highest BCUT2D eigenvalue weighted by Gasteiger charge is 2.27. The van der Waals surface area contributed by atoms with Crippen molar-refractivity contribution in [2.45, 2.75) is 25.3 Å². The number of piperazine rings is 1. The molecule has 1 fully saturated rings. The molecule has 0 saturated carbocycles. The number of amides is 3. The third kappa shape index (κ3) is 5.21. The van der Waals surface area contributed by atoms with Crippen LogP contribution >= 0.6 is 0 Å². The number of urea groups is 1. The van der Waals surface area contributed by atoms with E-state index in [1.165, 1.54) is 12.1 Å². The van der Waals surface area contributed by atoms with Crippen molar-refractivity contribution in [1.29, 1.82) is 0 Å². The van der Waals surface area contributed by atoms with Gasteiger partial charge in [-0.25, -0.2) is 9.18 Å². The number of primary amides is 1. The van der Waals surface area contributed by atoms with E-state index in [0.29, 0.717) is 38.9 Å². The van der Waals surface area contributed by atoms with Gasteiger partial charge >= 0.3 is 6.03 Å². The molecule has 6 nitrogen and oxygen atoms in total. The van der Waals surface area contributed by atoms with E-state index in [4.69, 9.17) is 5.73 Å². The Hall–Kier alpha value is -2.15. The van der Waals surface area contributed by atoms with Gasteiger partial charge in [0.15, 0.2) is 0 Å². The van der Waals surface area contributed by atoms with Crippen LogP contribution in [0.3, 0.4) is 0 Å². The van der Waals surface area contributed by atoms with Crippen LogP contribution in [0, 0.1) is 5.82 Å². The zero-order chi connectivity index (χ0) is 16.7. The fourth-order valence-corrected chi connectivity index (χ4v) is 2.77. The van der Waals surface area contributed by atoms with Crippen molar-refractivity contribution in [3.8, 4) is 0 Å². The van der Waals surface area contributed by atoms with Crippen LogP contribution in [-0.4, -0.2) is 43.0 Å². The SMILES string of the molecule is NC(=O)NCCCCC(=O)N1CCNCC1c1cccc(F)c1. The third-order valence-electron chi connectivity index (χ3n) is 3.91. The van der Waals surface area contributed by atoms with Gasteiger partial charge in [-0.15, -0.1) is 0 Å². The quantitative estimate of drug-likeness (QED) is 0.686. The van der Waals surface area contributed by atoms with Crippen LogP contribution in [0.15, 0.2) is 24.3 Å². The summed E-state index contributed by atoms with van der Waals surface area (Å²) in [5.74, 6) is -0.238. The summed E-state index contributed by atoms with van der Waals surface area (Å²) in [6.07, 6.45) is 1.79. The average Bonchev–Trinajstić information content (AvgIpc) is 2.54. The molecule has 0 aromatic heterocycles. The van der Waals surface area contributed by atoms with Crippen LogP contribution in [0.2, 0.25) is 0 Å². The van der Waals surface area contributed by atoms with Crippen LogP contribution in [0.4, 0.5) is 9.18 Å². The van der Waals surface area contributed by atoms with Crippen LogP contribution < -0.4 is 16.4 Å². The molecule has 0 aliphatic carbocycles. The van der Waals surface area contributed by atoms with Crippen molar-refractivity contribution in [3.63, 3.8) is 0 Å². The lowest BCUT2D eigenvalue weighted by Gasteiger charge is -2.36. The summed E-state index contributed by atoms with van der Waals surface area (Å²) in [5, 5.41) is 5.75. The summed E-state index contributed by atoms with van der Waals surface area (Å²) in [6.45, 7) is 2.44. The minimum atomic E-state index is -0.551. The molecule has 23 heavy (non-hydrogen) atoms. The number of nitrogens with zero attached hydrogens (tertiary/aromatic N) is 1. The number of carbonyl (C=O) groups excluding carboxylic acids is 2. The minimum absolute atomic E-state index is 0.0554. The van der Waals surface area contributed by atoms with Gasteiger partial charge in [0.05, 0.1) is 6.04 Å². The summed E-state index contributed by atoms with van der Waals surface area (Å²) < 4.78 is 13.4. The zero-order valence-corrected chi connectivity index (χ0v) is 13.1. The molecule has 3 amide bonds. The van der Waals surface area contributed by atoms with Gasteiger partial charge in [-0.05, 0) is 30.5 Å². The standard InChI is InChI=1S/C16H23FN4O2/c17-13-5-3-4-12(10-13)14-11-19-8-9-21(14)15(22)6-1-2-7-20-16(18)23/h3-5,10,14,19H,1-2,6-9,11H2,(H3,18,20,23). The topological polar surface area (TPSA) is 87.5 Å². The van der Waals surface area contributed by atoms with Gasteiger partial charge in [0.1, 0.15) is 5.82 Å². The van der Waals surface area contributed by atoms with Gasteiger partial charge in [0.2, 0.25) is 5.91 Å². The smallest absolute Gasteiger partial charge is 0.312 e. The molecule has 2 rings (SSSR count). The van der Waals surface area contributed by atoms with Crippen molar-refractivity contribution in [3.05, 3.63) is 35.6 Å². The van der Waals surface area contributed by atoms with E-state index in [2.05, 4.69) is 10.6 Å². The van der Waals surface area contributed by atoms with Gasteiger partial charge < -0.3 is 21.3 Å². The molecule has 1 aliphatic rings. The molecule has 1 heterocycles. The normalized spacial score (nSPS) is 17.8. The first-order valence-electron chi connectivity index (χ1n) is 7.87. The molecule has 7 heteroatoms. The van der Waals surface area contributed by atoms with Crippen molar-refractivity contribution in [1.82, 2.24) is 15.5 Å². The highest BCUT2D eigenvalue weighted by atomic mass is 19.1. The lowest BCUT2D eigenvalue weighted by Crippen LogP contribution is -2.48. The molecule has 0 bridgehead atoms. The van der Waals surface area contributed by atoms with E-state index in [0.717, 1.165) is 12.1 Å². The molecular formula is C16H23FN4O2. The van der Waals surface area contributed by atoms with E-state index >= 15 is 0 Å². The summed E-state index contributed by atoms with van der Waals surface area (Å²) >= 11 is 0. The second kappa shape index (κ2) is 8.47. The molecular weight excluding hydrogens is 299 g/mol. The zero-order valence-electron chi connectivity index (χ0n) is 13.1. The Morgan fingerprint density at radius 1 is 1.39 bits per heavy atom. The first-order valence-corrected chi connectivity index (χ1v) is 7.87. The number of nitrogens with one attached hydrogen (secondary N) is 2. The predicted octanol–water partition coefficient (Wildman–Crippen LogP) is 1.14. The van der Waals surface area contributed by atoms with Crippen LogP contribution in [0.1, 0.15) is 30.9 Å². The molecule has 1 saturated heterocycles. The maximum absolute atomic E-state index is 13.4. The maximum atomic E-state index is 13.4. The van der Waals surface area contributed by atoms with Gasteiger partial charge in [-0.1, -0.05) is 12.1 Å². The predicted molar refractivity (Wildman–Crippen MR) is 85.2 cm³/mol. The highest BCUT2D eigenvalue weighted by molar-refractivity contribution is 5.77. The van der Waals surface area contributed by atoms with Crippen LogP contribution in [0.25, 0.3) is 0 Å². The van der Waals surface area contributed by atoms with Gasteiger partial charge in [0.25, 0.3) is 0 Å². The van der Waals surface area contributed by atoms with Crippen molar-refractivity contribution in [2.75, 3.05) is 26.2 Å². The van der Waals surface area contributed by atoms with Gasteiger partial charge in [-0.3, -0.25) is 4.79 Å². The van der Waals surface area contributed by atoms with Crippen LogP contribution in [-0.2, 0) is 4.79 Å². The molecule has 1 atom stereocenters. The van der Waals surface area contributed by atoms with E-state index in [-0.39, 0.29) is 17.8 Å². The summed E-state index contributed by atoms with van der Waals surface area (Å²) in [5.41, 5.74) is 5.79. The number of unbranched alkanes of at least 4 members (excludes halogenated alkanes) is 1. The van der Waals surface area contributed by atoms with Gasteiger partial charge in [0, 0.05) is 32.6 Å². The third-order valence-corrected chi connectivity index (χ3v) is 3.91. The highest BCUT2D eigenvalue weighted by Crippen LogP contribution is 2.24. The second-order valence-corrected chi connectivity index (χ2v) is 5.61. The number of halogens is 1. The summed E-state index contributed by atoms with van der Waals surface area (Å²) in [6, 6.07) is 5.70. The Morgan fingerprint density at radius 3 is 2.96 bits per heavy atom. The maximum Gasteiger partial charge on any atom is 0.312 e. The fourth-order valence-electron chi connectivity index (χ4n) is 2.77. The molecule has 126 valence electrons. The molecule has 4 N–H and O–H groups in total. The number of hydrogen-bond acceptors (Lipinski definition) is 3. The fraction of sp³-hybridized carbons (Fsp3) is 0.500. The Morgan fingerprint density at radius 2 is 2.22 bits per heavy atom. The lowest BCUT2D eigenvalue weighted by molar-refractivity contribution is -0.134. The number of carbonyl (C=O) groups is 2. The summed E-state index contributed by atoms with van der Waals surface area (Å²) in [7, 11) is 0. The van der Waals surface area contributed by atoms with E-state index < -0.39 is 6.03 Å². The van der Waals surface area contributed by atoms with E-state index in [1.54, 1.807) is 6.07 Å². The minimum Gasteiger partial charge on any atom is -0.352 e. The molecule has 1 aromatic carbocycles. The number of hydrogen-bond donors (Lipinski definition) is 3. The lowest BCUT2D eigenvalue weighted by atomic mass is 10.0. The molecule has 0 radical (unpaired) electrons. The van der Waals surface area contributed by atoms with E-state index in [9.17, 15) is 14.0 Å². The van der Waals surface area contributed by atoms with Crippen molar-refractivity contribution in [2.24, 2.45) is 5.73 Å². The van der Waals surface area contributed by atoms with Crippen molar-refractivity contribution >= 4 is 11.9 Å². The largest absolute Gasteiger partial charge is 0.352 e. The Balaban J connectivity index is 1.90. The summed E-state index contributed by atoms with van der Waals surface area (Å²) in [4.78, 5) is 24.8. The Labute approximate surface area is 135 Å². The van der Waals surface area contributed by atoms with Crippen LogP contribution in [0.5, 0.6) is 0 Å². The number of nitrogens with two attached hydrogens (primary N) is 1.